The summed E-state index contributed by atoms with van der Waals surface area (Å²) < 4.78 is 0. The lowest BCUT2D eigenvalue weighted by molar-refractivity contribution is -0.121. The molecule has 0 fully saturated rings. The topological polar surface area (TPSA) is 58.2 Å². The van der Waals surface area contributed by atoms with Crippen molar-refractivity contribution in [3.63, 3.8) is 0 Å². The molecule has 0 saturated heterocycles. The third-order valence-corrected chi connectivity index (χ3v) is 3.99. The van der Waals surface area contributed by atoms with Gasteiger partial charge in [0, 0.05) is 19.5 Å². The van der Waals surface area contributed by atoms with Crippen LogP contribution in [0.3, 0.4) is 0 Å². The van der Waals surface area contributed by atoms with Gasteiger partial charge in [-0.3, -0.25) is 9.59 Å². The van der Waals surface area contributed by atoms with Crippen LogP contribution >= 0.6 is 11.3 Å². The fraction of sp³-hybridized carbons (Fsp3) is 0.571. The van der Waals surface area contributed by atoms with Gasteiger partial charge in [-0.05, 0) is 17.4 Å². The van der Waals surface area contributed by atoms with Gasteiger partial charge in [-0.2, -0.15) is 0 Å². The van der Waals surface area contributed by atoms with Crippen LogP contribution in [-0.4, -0.2) is 24.9 Å². The van der Waals surface area contributed by atoms with Crippen molar-refractivity contribution in [3.05, 3.63) is 22.4 Å². The molecule has 4 nitrogen and oxygen atoms in total. The molecule has 0 saturated carbocycles. The van der Waals surface area contributed by atoms with Gasteiger partial charge in [0.1, 0.15) is 0 Å². The summed E-state index contributed by atoms with van der Waals surface area (Å²) in [6.07, 6.45) is 2.48. The van der Waals surface area contributed by atoms with Crippen LogP contribution in [0.2, 0.25) is 0 Å². The maximum atomic E-state index is 11.6. The first kappa shape index (κ1) is 15.7. The summed E-state index contributed by atoms with van der Waals surface area (Å²) in [7, 11) is 0. The number of rotatable bonds is 8. The number of amides is 2. The summed E-state index contributed by atoms with van der Waals surface area (Å²) in [4.78, 5) is 23.9. The van der Waals surface area contributed by atoms with E-state index in [1.54, 1.807) is 6.07 Å². The molecule has 0 aliphatic heterocycles. The SMILES string of the molecule is CCC(CC)CNC(=O)CCNC(=O)c1cccs1. The lowest BCUT2D eigenvalue weighted by Crippen LogP contribution is -2.32. The summed E-state index contributed by atoms with van der Waals surface area (Å²) in [5, 5.41) is 7.51. The number of hydrogen-bond acceptors (Lipinski definition) is 3. The second-order valence-corrected chi connectivity index (χ2v) is 5.42. The van der Waals surface area contributed by atoms with Gasteiger partial charge in [0.05, 0.1) is 4.88 Å². The van der Waals surface area contributed by atoms with Gasteiger partial charge in [0.15, 0.2) is 0 Å². The van der Waals surface area contributed by atoms with Crippen LogP contribution in [0.15, 0.2) is 17.5 Å². The zero-order chi connectivity index (χ0) is 14.1. The maximum Gasteiger partial charge on any atom is 0.261 e. The first-order chi connectivity index (χ1) is 9.17. The van der Waals surface area contributed by atoms with Crippen molar-refractivity contribution in [1.82, 2.24) is 10.6 Å². The molecule has 0 atom stereocenters. The highest BCUT2D eigenvalue weighted by Crippen LogP contribution is 2.07. The monoisotopic (exact) mass is 282 g/mol. The molecule has 1 aromatic heterocycles. The average Bonchev–Trinajstić information content (AvgIpc) is 2.93. The number of hydrogen-bond donors (Lipinski definition) is 2. The van der Waals surface area contributed by atoms with E-state index in [0.29, 0.717) is 23.8 Å². The Kier molecular flexibility index (Phi) is 7.18. The molecule has 106 valence electrons. The standard InChI is InChI=1S/C14H22N2O2S/c1-3-11(4-2)10-16-13(17)7-8-15-14(18)12-6-5-9-19-12/h5-6,9,11H,3-4,7-8,10H2,1-2H3,(H,15,18)(H,16,17). The first-order valence-corrected chi connectivity index (χ1v) is 7.63. The summed E-state index contributed by atoms with van der Waals surface area (Å²) in [5.74, 6) is 0.436. The molecule has 0 bridgehead atoms. The van der Waals surface area contributed by atoms with E-state index >= 15 is 0 Å². The van der Waals surface area contributed by atoms with E-state index in [1.807, 2.05) is 11.4 Å². The van der Waals surface area contributed by atoms with Crippen LogP contribution in [0.4, 0.5) is 0 Å². The van der Waals surface area contributed by atoms with E-state index in [0.717, 1.165) is 19.4 Å². The van der Waals surface area contributed by atoms with Gasteiger partial charge in [-0.15, -0.1) is 11.3 Å². The lowest BCUT2D eigenvalue weighted by Gasteiger charge is -2.13. The molecule has 5 heteroatoms. The Labute approximate surface area is 118 Å². The number of nitrogens with one attached hydrogen (secondary N) is 2. The van der Waals surface area contributed by atoms with Crippen LogP contribution in [0.25, 0.3) is 0 Å². The Balaban J connectivity index is 2.15. The summed E-state index contributed by atoms with van der Waals surface area (Å²) in [6.45, 7) is 5.36. The van der Waals surface area contributed by atoms with E-state index in [9.17, 15) is 9.59 Å². The molecule has 0 aliphatic rings. The van der Waals surface area contributed by atoms with Crippen LogP contribution in [0, 0.1) is 5.92 Å². The molecular formula is C14H22N2O2S. The predicted molar refractivity (Wildman–Crippen MR) is 78.4 cm³/mol. The van der Waals surface area contributed by atoms with Crippen molar-refractivity contribution in [2.24, 2.45) is 5.92 Å². The van der Waals surface area contributed by atoms with Gasteiger partial charge >= 0.3 is 0 Å². The molecule has 0 unspecified atom stereocenters. The van der Waals surface area contributed by atoms with Gasteiger partial charge < -0.3 is 10.6 Å². The van der Waals surface area contributed by atoms with Crippen molar-refractivity contribution < 1.29 is 9.59 Å². The second-order valence-electron chi connectivity index (χ2n) is 4.47. The molecule has 1 rings (SSSR count). The zero-order valence-corrected chi connectivity index (χ0v) is 12.4. The number of carbonyl (C=O) groups is 2. The molecule has 19 heavy (non-hydrogen) atoms. The number of thiophene rings is 1. The Bertz CT molecular complexity index is 386. The van der Waals surface area contributed by atoms with E-state index < -0.39 is 0 Å². The van der Waals surface area contributed by atoms with Crippen LogP contribution in [-0.2, 0) is 4.79 Å². The predicted octanol–water partition coefficient (Wildman–Crippen LogP) is 2.42. The third-order valence-electron chi connectivity index (χ3n) is 3.13. The van der Waals surface area contributed by atoms with Gasteiger partial charge in [-0.1, -0.05) is 32.8 Å². The molecule has 0 spiro atoms. The number of carbonyl (C=O) groups excluding carboxylic acids is 2. The smallest absolute Gasteiger partial charge is 0.261 e. The molecule has 0 aromatic carbocycles. The molecular weight excluding hydrogens is 260 g/mol. The van der Waals surface area contributed by atoms with Crippen molar-refractivity contribution >= 4 is 23.2 Å². The first-order valence-electron chi connectivity index (χ1n) is 6.75. The Hall–Kier alpha value is -1.36. The van der Waals surface area contributed by atoms with E-state index in [-0.39, 0.29) is 11.8 Å². The minimum absolute atomic E-state index is 0.00150. The lowest BCUT2D eigenvalue weighted by atomic mass is 10.0. The van der Waals surface area contributed by atoms with Crippen molar-refractivity contribution in [1.29, 1.82) is 0 Å². The van der Waals surface area contributed by atoms with Crippen molar-refractivity contribution in [2.45, 2.75) is 33.1 Å². The summed E-state index contributed by atoms with van der Waals surface area (Å²) >= 11 is 1.40. The van der Waals surface area contributed by atoms with Gasteiger partial charge in [0.2, 0.25) is 5.91 Å². The summed E-state index contributed by atoms with van der Waals surface area (Å²) in [5.41, 5.74) is 0. The highest BCUT2D eigenvalue weighted by atomic mass is 32.1. The van der Waals surface area contributed by atoms with Crippen LogP contribution in [0.5, 0.6) is 0 Å². The fourth-order valence-electron chi connectivity index (χ4n) is 1.71. The maximum absolute atomic E-state index is 11.6. The Morgan fingerprint density at radius 3 is 2.58 bits per heavy atom. The van der Waals surface area contributed by atoms with Gasteiger partial charge in [-0.25, -0.2) is 0 Å². The van der Waals surface area contributed by atoms with E-state index in [2.05, 4.69) is 24.5 Å². The fourth-order valence-corrected chi connectivity index (χ4v) is 2.35. The highest BCUT2D eigenvalue weighted by molar-refractivity contribution is 7.12. The normalized spacial score (nSPS) is 10.5. The van der Waals surface area contributed by atoms with Gasteiger partial charge in [0.25, 0.3) is 5.91 Å². The molecule has 0 aliphatic carbocycles. The van der Waals surface area contributed by atoms with Crippen LogP contribution < -0.4 is 10.6 Å². The highest BCUT2D eigenvalue weighted by Gasteiger charge is 2.08. The largest absolute Gasteiger partial charge is 0.356 e. The molecule has 1 heterocycles. The molecule has 1 aromatic rings. The quantitative estimate of drug-likeness (QED) is 0.769. The molecule has 0 radical (unpaired) electrons. The molecule has 2 N–H and O–H groups in total. The minimum Gasteiger partial charge on any atom is -0.356 e. The minimum atomic E-state index is -0.109. The Morgan fingerprint density at radius 1 is 1.26 bits per heavy atom. The zero-order valence-electron chi connectivity index (χ0n) is 11.6. The van der Waals surface area contributed by atoms with Crippen molar-refractivity contribution in [3.8, 4) is 0 Å². The van der Waals surface area contributed by atoms with E-state index in [1.165, 1.54) is 11.3 Å². The Morgan fingerprint density at radius 2 is 2.00 bits per heavy atom. The van der Waals surface area contributed by atoms with E-state index in [4.69, 9.17) is 0 Å². The second kappa shape index (κ2) is 8.69. The van der Waals surface area contributed by atoms with Crippen LogP contribution in [0.1, 0.15) is 42.8 Å². The average molecular weight is 282 g/mol. The van der Waals surface area contributed by atoms with Crippen molar-refractivity contribution in [2.75, 3.05) is 13.1 Å². The molecule has 2 amide bonds. The summed E-state index contributed by atoms with van der Waals surface area (Å²) in [6, 6.07) is 3.61. The third kappa shape index (κ3) is 5.87.